The van der Waals surface area contributed by atoms with E-state index in [2.05, 4.69) is 17.4 Å². The van der Waals surface area contributed by atoms with Gasteiger partial charge in [-0.05, 0) is 55.2 Å². The minimum Gasteiger partial charge on any atom is -0.497 e. The highest BCUT2D eigenvalue weighted by atomic mass is 16.5. The molecule has 0 aliphatic rings. The standard InChI is InChI=1S/C29H29NO4/c1-19(16-27(31)30-15-14-21-8-6-5-7-9-21)24-17-25-26(22-10-12-23(32-3)13-11-22)18-34-29(25)20(2)28(24)33-4/h5-13,16-18H,14-15H2,1-4H3,(H,30,31)/b19-16+. The molecule has 0 radical (unpaired) electrons. The maximum absolute atomic E-state index is 12.6. The molecule has 0 unspecified atom stereocenters. The summed E-state index contributed by atoms with van der Waals surface area (Å²) in [7, 11) is 3.29. The first-order chi connectivity index (χ1) is 16.5. The van der Waals surface area contributed by atoms with Gasteiger partial charge in [0.05, 0.1) is 20.5 Å². The Kier molecular flexibility index (Phi) is 7.02. The second-order valence-corrected chi connectivity index (χ2v) is 8.19. The second kappa shape index (κ2) is 10.3. The summed E-state index contributed by atoms with van der Waals surface area (Å²) in [6.07, 6.45) is 4.17. The van der Waals surface area contributed by atoms with Crippen molar-refractivity contribution >= 4 is 22.4 Å². The topological polar surface area (TPSA) is 60.7 Å². The molecule has 0 bridgehead atoms. The SMILES string of the molecule is COc1ccc(-c2coc3c(C)c(OC)c(/C(C)=C/C(=O)NCCc4ccccc4)cc23)cc1. The van der Waals surface area contributed by atoms with E-state index < -0.39 is 0 Å². The monoisotopic (exact) mass is 455 g/mol. The number of carbonyl (C=O) groups is 1. The number of ether oxygens (including phenoxy) is 2. The minimum atomic E-state index is -0.129. The Morgan fingerprint density at radius 2 is 1.76 bits per heavy atom. The Balaban J connectivity index is 1.62. The highest BCUT2D eigenvalue weighted by Gasteiger charge is 2.19. The molecule has 34 heavy (non-hydrogen) atoms. The smallest absolute Gasteiger partial charge is 0.244 e. The molecule has 0 spiro atoms. The van der Waals surface area contributed by atoms with Crippen LogP contribution < -0.4 is 14.8 Å². The average Bonchev–Trinajstić information content (AvgIpc) is 3.29. The van der Waals surface area contributed by atoms with Crippen LogP contribution in [0.2, 0.25) is 0 Å². The molecule has 4 aromatic rings. The zero-order chi connectivity index (χ0) is 24.1. The number of hydrogen-bond acceptors (Lipinski definition) is 4. The van der Waals surface area contributed by atoms with Crippen LogP contribution >= 0.6 is 0 Å². The molecular weight excluding hydrogens is 426 g/mol. The summed E-state index contributed by atoms with van der Waals surface area (Å²) < 4.78 is 16.9. The van der Waals surface area contributed by atoms with Gasteiger partial charge in [-0.15, -0.1) is 0 Å². The fraction of sp³-hybridized carbons (Fsp3) is 0.207. The predicted octanol–water partition coefficient (Wildman–Crippen LogP) is 6.19. The van der Waals surface area contributed by atoms with Gasteiger partial charge < -0.3 is 19.2 Å². The van der Waals surface area contributed by atoms with Crippen LogP contribution in [-0.2, 0) is 11.2 Å². The van der Waals surface area contributed by atoms with Crippen molar-refractivity contribution in [1.29, 1.82) is 0 Å². The lowest BCUT2D eigenvalue weighted by molar-refractivity contribution is -0.116. The van der Waals surface area contributed by atoms with Gasteiger partial charge in [-0.25, -0.2) is 0 Å². The molecule has 174 valence electrons. The second-order valence-electron chi connectivity index (χ2n) is 8.19. The zero-order valence-electron chi connectivity index (χ0n) is 20.0. The molecular formula is C29H29NO4. The molecule has 0 saturated heterocycles. The minimum absolute atomic E-state index is 0.129. The molecule has 0 fully saturated rings. The highest BCUT2D eigenvalue weighted by Crippen LogP contribution is 2.40. The largest absolute Gasteiger partial charge is 0.497 e. The summed E-state index contributed by atoms with van der Waals surface area (Å²) in [4.78, 5) is 12.6. The zero-order valence-corrected chi connectivity index (χ0v) is 20.0. The van der Waals surface area contributed by atoms with E-state index in [1.807, 2.05) is 62.4 Å². The van der Waals surface area contributed by atoms with Gasteiger partial charge in [0, 0.05) is 34.7 Å². The number of benzene rings is 3. The average molecular weight is 456 g/mol. The maximum Gasteiger partial charge on any atom is 0.244 e. The lowest BCUT2D eigenvalue weighted by Crippen LogP contribution is -2.23. The van der Waals surface area contributed by atoms with Gasteiger partial charge in [0.1, 0.15) is 17.1 Å². The number of allylic oxidation sites excluding steroid dienone is 1. The summed E-state index contributed by atoms with van der Waals surface area (Å²) in [5, 5.41) is 3.95. The van der Waals surface area contributed by atoms with E-state index in [0.29, 0.717) is 12.3 Å². The van der Waals surface area contributed by atoms with Gasteiger partial charge in [-0.2, -0.15) is 0 Å². The van der Waals surface area contributed by atoms with Crippen molar-refractivity contribution in [2.45, 2.75) is 20.3 Å². The summed E-state index contributed by atoms with van der Waals surface area (Å²) in [6.45, 7) is 4.47. The van der Waals surface area contributed by atoms with Crippen LogP contribution in [0.1, 0.15) is 23.6 Å². The summed E-state index contributed by atoms with van der Waals surface area (Å²) >= 11 is 0. The van der Waals surface area contributed by atoms with Gasteiger partial charge in [0.2, 0.25) is 5.91 Å². The Bertz CT molecular complexity index is 1320. The number of methoxy groups -OCH3 is 2. The van der Waals surface area contributed by atoms with E-state index in [-0.39, 0.29) is 5.91 Å². The van der Waals surface area contributed by atoms with Gasteiger partial charge >= 0.3 is 0 Å². The third-order valence-electron chi connectivity index (χ3n) is 5.98. The molecule has 1 amide bonds. The number of fused-ring (bicyclic) bond motifs is 1. The number of hydrogen-bond donors (Lipinski definition) is 1. The molecule has 0 atom stereocenters. The van der Waals surface area contributed by atoms with Crippen LogP contribution in [0.4, 0.5) is 0 Å². The van der Waals surface area contributed by atoms with Crippen molar-refractivity contribution in [2.24, 2.45) is 0 Å². The number of rotatable bonds is 8. The number of nitrogens with one attached hydrogen (secondary N) is 1. The molecule has 0 aliphatic heterocycles. The first-order valence-corrected chi connectivity index (χ1v) is 11.3. The molecule has 5 nitrogen and oxygen atoms in total. The Labute approximate surface area is 200 Å². The van der Waals surface area contributed by atoms with Crippen LogP contribution in [0, 0.1) is 6.92 Å². The fourth-order valence-electron chi connectivity index (χ4n) is 4.17. The fourth-order valence-corrected chi connectivity index (χ4v) is 4.17. The Morgan fingerprint density at radius 1 is 1.03 bits per heavy atom. The van der Waals surface area contributed by atoms with Crippen LogP contribution in [0.5, 0.6) is 11.5 Å². The first-order valence-electron chi connectivity index (χ1n) is 11.3. The molecule has 1 aromatic heterocycles. The molecule has 0 saturated carbocycles. The van der Waals surface area contributed by atoms with E-state index in [4.69, 9.17) is 13.9 Å². The van der Waals surface area contributed by atoms with E-state index >= 15 is 0 Å². The van der Waals surface area contributed by atoms with Gasteiger partial charge in [0.15, 0.2) is 0 Å². The summed E-state index contributed by atoms with van der Waals surface area (Å²) in [6, 6.07) is 20.0. The number of aryl methyl sites for hydroxylation is 1. The predicted molar refractivity (Wildman–Crippen MR) is 136 cm³/mol. The van der Waals surface area contributed by atoms with E-state index in [9.17, 15) is 4.79 Å². The number of amides is 1. The van der Waals surface area contributed by atoms with Crippen LogP contribution in [0.25, 0.3) is 27.7 Å². The van der Waals surface area contributed by atoms with Crippen molar-refractivity contribution in [3.05, 3.63) is 89.7 Å². The van der Waals surface area contributed by atoms with E-state index in [1.54, 1.807) is 26.6 Å². The van der Waals surface area contributed by atoms with Gasteiger partial charge in [-0.1, -0.05) is 42.5 Å². The Hall–Kier alpha value is -3.99. The lowest BCUT2D eigenvalue weighted by Gasteiger charge is -2.13. The number of carbonyl (C=O) groups excluding carboxylic acids is 1. The first kappa shape index (κ1) is 23.2. The molecule has 5 heteroatoms. The third kappa shape index (κ3) is 4.84. The van der Waals surface area contributed by atoms with Crippen molar-refractivity contribution in [1.82, 2.24) is 5.32 Å². The lowest BCUT2D eigenvalue weighted by atomic mass is 9.96. The van der Waals surface area contributed by atoms with Crippen molar-refractivity contribution in [3.63, 3.8) is 0 Å². The van der Waals surface area contributed by atoms with E-state index in [1.165, 1.54) is 5.56 Å². The van der Waals surface area contributed by atoms with Crippen LogP contribution in [-0.4, -0.2) is 26.7 Å². The van der Waals surface area contributed by atoms with Crippen molar-refractivity contribution in [3.8, 4) is 22.6 Å². The molecule has 3 aromatic carbocycles. The van der Waals surface area contributed by atoms with Crippen molar-refractivity contribution in [2.75, 3.05) is 20.8 Å². The normalized spacial score (nSPS) is 11.5. The summed E-state index contributed by atoms with van der Waals surface area (Å²) in [5.41, 5.74) is 6.54. The van der Waals surface area contributed by atoms with Crippen LogP contribution in [0.15, 0.2) is 77.4 Å². The van der Waals surface area contributed by atoms with E-state index in [0.717, 1.165) is 51.0 Å². The van der Waals surface area contributed by atoms with Crippen molar-refractivity contribution < 1.29 is 18.7 Å². The third-order valence-corrected chi connectivity index (χ3v) is 5.98. The number of furan rings is 1. The molecule has 4 rings (SSSR count). The highest BCUT2D eigenvalue weighted by molar-refractivity contribution is 6.01. The molecule has 0 aliphatic carbocycles. The van der Waals surface area contributed by atoms with Crippen LogP contribution in [0.3, 0.4) is 0 Å². The molecule has 1 N–H and O–H groups in total. The van der Waals surface area contributed by atoms with Gasteiger partial charge in [0.25, 0.3) is 0 Å². The van der Waals surface area contributed by atoms with Gasteiger partial charge in [-0.3, -0.25) is 4.79 Å². The maximum atomic E-state index is 12.6. The molecule has 1 heterocycles. The Morgan fingerprint density at radius 3 is 2.44 bits per heavy atom. The summed E-state index contributed by atoms with van der Waals surface area (Å²) in [5.74, 6) is 1.37. The quantitative estimate of drug-likeness (QED) is 0.322.